The van der Waals surface area contributed by atoms with E-state index in [1.807, 2.05) is 19.1 Å². The molecule has 1 aliphatic rings. The molecule has 1 aromatic heterocycles. The van der Waals surface area contributed by atoms with E-state index in [9.17, 15) is 4.79 Å². The van der Waals surface area contributed by atoms with Gasteiger partial charge in [-0.3, -0.25) is 4.79 Å². The van der Waals surface area contributed by atoms with E-state index in [2.05, 4.69) is 41.8 Å². The zero-order valence-corrected chi connectivity index (χ0v) is 13.2. The van der Waals surface area contributed by atoms with Gasteiger partial charge in [0.15, 0.2) is 0 Å². The van der Waals surface area contributed by atoms with Crippen molar-refractivity contribution in [3.8, 4) is 0 Å². The average Bonchev–Trinajstić information content (AvgIpc) is 2.93. The SMILES string of the molecule is Cc1ccc(C(C)NC(=O)C2CNCc3ccccc32)s1. The molecule has 1 amide bonds. The molecule has 4 heteroatoms. The monoisotopic (exact) mass is 300 g/mol. The molecule has 2 atom stereocenters. The third-order valence-electron chi connectivity index (χ3n) is 3.96. The lowest BCUT2D eigenvalue weighted by Crippen LogP contribution is -2.39. The Bertz CT molecular complexity index is 650. The second-order valence-electron chi connectivity index (χ2n) is 5.56. The van der Waals surface area contributed by atoms with Gasteiger partial charge in [-0.05, 0) is 37.1 Å². The highest BCUT2D eigenvalue weighted by molar-refractivity contribution is 7.12. The summed E-state index contributed by atoms with van der Waals surface area (Å²) in [6.07, 6.45) is 0. The zero-order valence-electron chi connectivity index (χ0n) is 12.3. The smallest absolute Gasteiger partial charge is 0.229 e. The fourth-order valence-electron chi connectivity index (χ4n) is 2.80. The average molecular weight is 300 g/mol. The van der Waals surface area contributed by atoms with E-state index in [-0.39, 0.29) is 17.9 Å². The van der Waals surface area contributed by atoms with Gasteiger partial charge in [0.05, 0.1) is 12.0 Å². The number of carbonyl (C=O) groups excluding carboxylic acids is 1. The van der Waals surface area contributed by atoms with Crippen LogP contribution in [-0.4, -0.2) is 12.5 Å². The minimum atomic E-state index is -0.0986. The molecule has 0 saturated heterocycles. The predicted molar refractivity (Wildman–Crippen MR) is 86.5 cm³/mol. The summed E-state index contributed by atoms with van der Waals surface area (Å²) >= 11 is 1.74. The summed E-state index contributed by atoms with van der Waals surface area (Å²) < 4.78 is 0. The van der Waals surface area contributed by atoms with Crippen molar-refractivity contribution in [2.75, 3.05) is 6.54 Å². The van der Waals surface area contributed by atoms with Crippen molar-refractivity contribution in [1.29, 1.82) is 0 Å². The molecule has 1 aliphatic heterocycles. The number of nitrogens with one attached hydrogen (secondary N) is 2. The highest BCUT2D eigenvalue weighted by Crippen LogP contribution is 2.26. The van der Waals surface area contributed by atoms with Gasteiger partial charge in [0.25, 0.3) is 0 Å². The molecule has 3 rings (SSSR count). The lowest BCUT2D eigenvalue weighted by Gasteiger charge is -2.26. The molecule has 21 heavy (non-hydrogen) atoms. The molecular formula is C17H20N2OS. The van der Waals surface area contributed by atoms with Gasteiger partial charge in [0, 0.05) is 22.8 Å². The molecule has 0 radical (unpaired) electrons. The topological polar surface area (TPSA) is 41.1 Å². The molecule has 2 N–H and O–H groups in total. The highest BCUT2D eigenvalue weighted by atomic mass is 32.1. The van der Waals surface area contributed by atoms with Gasteiger partial charge < -0.3 is 10.6 Å². The molecule has 0 saturated carbocycles. The summed E-state index contributed by atoms with van der Waals surface area (Å²) in [6.45, 7) is 5.69. The number of hydrogen-bond donors (Lipinski definition) is 2. The lowest BCUT2D eigenvalue weighted by atomic mass is 9.90. The first kappa shape index (κ1) is 14.3. The Balaban J connectivity index is 1.74. The van der Waals surface area contributed by atoms with Crippen LogP contribution in [0.5, 0.6) is 0 Å². The zero-order chi connectivity index (χ0) is 14.8. The van der Waals surface area contributed by atoms with E-state index >= 15 is 0 Å². The number of hydrogen-bond acceptors (Lipinski definition) is 3. The van der Waals surface area contributed by atoms with E-state index in [0.29, 0.717) is 6.54 Å². The molecule has 2 aromatic rings. The predicted octanol–water partition coefficient (Wildman–Crippen LogP) is 3.12. The minimum absolute atomic E-state index is 0.0605. The number of aryl methyl sites for hydroxylation is 1. The van der Waals surface area contributed by atoms with Gasteiger partial charge in [-0.2, -0.15) is 0 Å². The number of rotatable bonds is 3. The van der Waals surface area contributed by atoms with Gasteiger partial charge in [-0.15, -0.1) is 11.3 Å². The third-order valence-corrected chi connectivity index (χ3v) is 5.14. The molecule has 110 valence electrons. The molecule has 0 fully saturated rings. The molecule has 2 heterocycles. The minimum Gasteiger partial charge on any atom is -0.348 e. The maximum absolute atomic E-state index is 12.6. The number of carbonyl (C=O) groups is 1. The largest absolute Gasteiger partial charge is 0.348 e. The first-order chi connectivity index (χ1) is 10.1. The van der Waals surface area contributed by atoms with Crippen LogP contribution in [0.2, 0.25) is 0 Å². The Hall–Kier alpha value is -1.65. The van der Waals surface area contributed by atoms with Crippen molar-refractivity contribution in [3.05, 3.63) is 57.3 Å². The van der Waals surface area contributed by atoms with Crippen LogP contribution < -0.4 is 10.6 Å². The summed E-state index contributed by atoms with van der Waals surface area (Å²) in [5.41, 5.74) is 2.38. The number of amides is 1. The van der Waals surface area contributed by atoms with E-state index in [4.69, 9.17) is 0 Å². The Kier molecular flexibility index (Phi) is 4.08. The molecule has 1 aromatic carbocycles. The van der Waals surface area contributed by atoms with Crippen LogP contribution in [0, 0.1) is 6.92 Å². The molecule has 2 unspecified atom stereocenters. The quantitative estimate of drug-likeness (QED) is 0.914. The maximum atomic E-state index is 12.6. The summed E-state index contributed by atoms with van der Waals surface area (Å²) in [5, 5.41) is 6.48. The number of thiophene rings is 1. The van der Waals surface area contributed by atoms with Crippen molar-refractivity contribution in [1.82, 2.24) is 10.6 Å². The molecule has 3 nitrogen and oxygen atoms in total. The van der Waals surface area contributed by atoms with Gasteiger partial charge in [0.2, 0.25) is 5.91 Å². The van der Waals surface area contributed by atoms with Crippen LogP contribution in [0.1, 0.15) is 39.8 Å². The Morgan fingerprint density at radius 2 is 2.14 bits per heavy atom. The second-order valence-corrected chi connectivity index (χ2v) is 6.88. The Morgan fingerprint density at radius 1 is 1.33 bits per heavy atom. The van der Waals surface area contributed by atoms with Gasteiger partial charge in [-0.1, -0.05) is 24.3 Å². The van der Waals surface area contributed by atoms with Gasteiger partial charge in [-0.25, -0.2) is 0 Å². The standard InChI is InChI=1S/C17H20N2OS/c1-11-7-8-16(21-11)12(2)19-17(20)15-10-18-9-13-5-3-4-6-14(13)15/h3-8,12,15,18H,9-10H2,1-2H3,(H,19,20). The van der Waals surface area contributed by atoms with Gasteiger partial charge >= 0.3 is 0 Å². The summed E-state index contributed by atoms with van der Waals surface area (Å²) in [7, 11) is 0. The van der Waals surface area contributed by atoms with Crippen LogP contribution in [0.3, 0.4) is 0 Å². The van der Waals surface area contributed by atoms with Crippen molar-refractivity contribution in [3.63, 3.8) is 0 Å². The van der Waals surface area contributed by atoms with E-state index in [1.165, 1.54) is 15.3 Å². The van der Waals surface area contributed by atoms with E-state index in [0.717, 1.165) is 12.1 Å². The second kappa shape index (κ2) is 6.00. The number of benzene rings is 1. The van der Waals surface area contributed by atoms with Crippen LogP contribution in [-0.2, 0) is 11.3 Å². The normalized spacial score (nSPS) is 18.9. The third kappa shape index (κ3) is 3.01. The van der Waals surface area contributed by atoms with Crippen LogP contribution in [0.4, 0.5) is 0 Å². The Labute approximate surface area is 129 Å². The molecule has 0 spiro atoms. The number of fused-ring (bicyclic) bond motifs is 1. The fourth-order valence-corrected chi connectivity index (χ4v) is 3.68. The van der Waals surface area contributed by atoms with E-state index in [1.54, 1.807) is 11.3 Å². The van der Waals surface area contributed by atoms with E-state index < -0.39 is 0 Å². The van der Waals surface area contributed by atoms with Crippen molar-refractivity contribution in [2.45, 2.75) is 32.4 Å². The first-order valence-corrected chi connectivity index (χ1v) is 8.12. The van der Waals surface area contributed by atoms with Crippen LogP contribution in [0.15, 0.2) is 36.4 Å². The first-order valence-electron chi connectivity index (χ1n) is 7.30. The fraction of sp³-hybridized carbons (Fsp3) is 0.353. The van der Waals surface area contributed by atoms with Gasteiger partial charge in [0.1, 0.15) is 0 Å². The van der Waals surface area contributed by atoms with Crippen molar-refractivity contribution in [2.24, 2.45) is 0 Å². The van der Waals surface area contributed by atoms with Crippen molar-refractivity contribution < 1.29 is 4.79 Å². The summed E-state index contributed by atoms with van der Waals surface area (Å²) in [4.78, 5) is 15.1. The molecule has 0 aliphatic carbocycles. The van der Waals surface area contributed by atoms with Crippen molar-refractivity contribution >= 4 is 17.2 Å². The molecule has 0 bridgehead atoms. The lowest BCUT2D eigenvalue weighted by molar-refractivity contribution is -0.123. The summed E-state index contributed by atoms with van der Waals surface area (Å²) in [5.74, 6) is 0.00617. The highest BCUT2D eigenvalue weighted by Gasteiger charge is 2.27. The molecular weight excluding hydrogens is 280 g/mol. The van der Waals surface area contributed by atoms with Crippen LogP contribution >= 0.6 is 11.3 Å². The van der Waals surface area contributed by atoms with Crippen LogP contribution in [0.25, 0.3) is 0 Å². The maximum Gasteiger partial charge on any atom is 0.229 e. The summed E-state index contributed by atoms with van der Waals surface area (Å²) in [6, 6.07) is 12.5. The Morgan fingerprint density at radius 3 is 2.90 bits per heavy atom.